The van der Waals surface area contributed by atoms with Gasteiger partial charge in [-0.3, -0.25) is 0 Å². The maximum Gasteiger partial charge on any atom is 0.106 e. The highest BCUT2D eigenvalue weighted by Crippen LogP contribution is 2.35. The summed E-state index contributed by atoms with van der Waals surface area (Å²) in [6.45, 7) is 0. The quantitative estimate of drug-likeness (QED) is 0.758. The minimum Gasteiger partial charge on any atom is -0.396 e. The zero-order valence-electron chi connectivity index (χ0n) is 5.84. The highest BCUT2D eigenvalue weighted by Gasteiger charge is 2.08. The van der Waals surface area contributed by atoms with Crippen molar-refractivity contribution in [2.45, 2.75) is 0 Å². The van der Waals surface area contributed by atoms with Crippen molar-refractivity contribution in [3.63, 3.8) is 0 Å². The summed E-state index contributed by atoms with van der Waals surface area (Å²) in [7, 11) is 0. The maximum atomic E-state index is 5.81. The minimum absolute atomic E-state index is 0.703. The molecule has 0 aliphatic rings. The van der Waals surface area contributed by atoms with Crippen LogP contribution in [0.15, 0.2) is 20.5 Å². The summed E-state index contributed by atoms with van der Waals surface area (Å²) < 4.78 is 3.00. The van der Waals surface area contributed by atoms with Crippen LogP contribution in [-0.4, -0.2) is 4.98 Å². The van der Waals surface area contributed by atoms with Gasteiger partial charge in [0, 0.05) is 8.95 Å². The zero-order chi connectivity index (χ0) is 8.72. The van der Waals surface area contributed by atoms with E-state index in [0.29, 0.717) is 5.69 Å². The molecule has 0 saturated carbocycles. The molecule has 0 atom stereocenters. The van der Waals surface area contributed by atoms with Crippen molar-refractivity contribution in [2.75, 3.05) is 5.73 Å². The van der Waals surface area contributed by atoms with Gasteiger partial charge in [0.05, 0.1) is 15.9 Å². The average Bonchev–Trinajstić information content (AvgIpc) is 2.48. The fraction of sp³-hybridized carbons (Fsp3) is 0. The second-order valence-corrected chi connectivity index (χ2v) is 4.85. The molecule has 0 fully saturated rings. The van der Waals surface area contributed by atoms with E-state index in [1.54, 1.807) is 16.8 Å². The first-order valence-electron chi connectivity index (χ1n) is 3.17. The van der Waals surface area contributed by atoms with Crippen LogP contribution in [0.5, 0.6) is 0 Å². The van der Waals surface area contributed by atoms with Gasteiger partial charge in [-0.05, 0) is 37.9 Å². The predicted molar refractivity (Wildman–Crippen MR) is 59.4 cm³/mol. The first-order valence-corrected chi connectivity index (χ1v) is 5.63. The van der Waals surface area contributed by atoms with Crippen LogP contribution >= 0.6 is 43.2 Å². The fourth-order valence-electron chi connectivity index (χ4n) is 0.975. The topological polar surface area (TPSA) is 38.9 Å². The Morgan fingerprint density at radius 2 is 2.08 bits per heavy atom. The molecule has 0 amide bonds. The molecule has 1 aromatic carbocycles. The molecule has 1 aromatic heterocycles. The number of anilines is 1. The zero-order valence-corrected chi connectivity index (χ0v) is 9.83. The number of fused-ring (bicyclic) bond motifs is 1. The van der Waals surface area contributed by atoms with E-state index < -0.39 is 0 Å². The molecule has 0 bridgehead atoms. The molecule has 5 heteroatoms. The van der Waals surface area contributed by atoms with Crippen LogP contribution in [0.2, 0.25) is 0 Å². The Morgan fingerprint density at radius 1 is 1.33 bits per heavy atom. The van der Waals surface area contributed by atoms with Crippen molar-refractivity contribution in [3.05, 3.63) is 20.5 Å². The van der Waals surface area contributed by atoms with Gasteiger partial charge in [0.2, 0.25) is 0 Å². The molecule has 2 rings (SSSR count). The molecule has 2 aromatic rings. The standard InChI is InChI=1S/C7H4Br2N2S/c8-3-1-4(9)7-6(5(3)10)11-2-12-7/h1-2H,10H2. The molecule has 12 heavy (non-hydrogen) atoms. The SMILES string of the molecule is Nc1c(Br)cc(Br)c2scnc12. The van der Waals surface area contributed by atoms with Crippen LogP contribution in [0.3, 0.4) is 0 Å². The third-order valence-corrected chi connectivity index (χ3v) is 3.95. The Balaban J connectivity index is 2.97. The van der Waals surface area contributed by atoms with Gasteiger partial charge < -0.3 is 5.73 Å². The number of aromatic nitrogens is 1. The average molecular weight is 308 g/mol. The Labute approximate surface area is 90.0 Å². The van der Waals surface area contributed by atoms with Crippen molar-refractivity contribution in [2.24, 2.45) is 0 Å². The second kappa shape index (κ2) is 2.97. The van der Waals surface area contributed by atoms with Crippen LogP contribution < -0.4 is 5.73 Å². The first kappa shape index (κ1) is 8.47. The Bertz CT molecular complexity index is 438. The van der Waals surface area contributed by atoms with Crippen LogP contribution in [-0.2, 0) is 0 Å². The van der Waals surface area contributed by atoms with E-state index in [1.807, 2.05) is 6.07 Å². The number of halogens is 2. The first-order chi connectivity index (χ1) is 5.70. The Morgan fingerprint density at radius 3 is 2.83 bits per heavy atom. The Hall–Kier alpha value is -0.130. The number of hydrogen-bond donors (Lipinski definition) is 1. The smallest absolute Gasteiger partial charge is 0.106 e. The molecule has 62 valence electrons. The lowest BCUT2D eigenvalue weighted by atomic mass is 10.3. The molecule has 0 unspecified atom stereocenters. The van der Waals surface area contributed by atoms with E-state index >= 15 is 0 Å². The van der Waals surface area contributed by atoms with E-state index in [1.165, 1.54) is 0 Å². The lowest BCUT2D eigenvalue weighted by Gasteiger charge is -1.99. The van der Waals surface area contributed by atoms with Gasteiger partial charge in [-0.15, -0.1) is 11.3 Å². The van der Waals surface area contributed by atoms with E-state index in [4.69, 9.17) is 5.73 Å². The van der Waals surface area contributed by atoms with E-state index in [-0.39, 0.29) is 0 Å². The van der Waals surface area contributed by atoms with Crippen LogP contribution in [0, 0.1) is 0 Å². The van der Waals surface area contributed by atoms with Gasteiger partial charge >= 0.3 is 0 Å². The van der Waals surface area contributed by atoms with Gasteiger partial charge in [-0.1, -0.05) is 0 Å². The lowest BCUT2D eigenvalue weighted by molar-refractivity contribution is 1.49. The molecule has 0 aliphatic carbocycles. The number of thiazole rings is 1. The molecule has 1 heterocycles. The van der Waals surface area contributed by atoms with Crippen molar-refractivity contribution in [1.29, 1.82) is 0 Å². The number of rotatable bonds is 0. The summed E-state index contributed by atoms with van der Waals surface area (Å²) in [5, 5.41) is 0. The van der Waals surface area contributed by atoms with Crippen molar-refractivity contribution in [3.8, 4) is 0 Å². The van der Waals surface area contributed by atoms with Gasteiger partial charge in [0.1, 0.15) is 5.52 Å². The highest BCUT2D eigenvalue weighted by atomic mass is 79.9. The van der Waals surface area contributed by atoms with Gasteiger partial charge in [-0.25, -0.2) is 4.98 Å². The predicted octanol–water partition coefficient (Wildman–Crippen LogP) is 3.40. The minimum atomic E-state index is 0.703. The van der Waals surface area contributed by atoms with Crippen LogP contribution in [0.4, 0.5) is 5.69 Å². The number of nitrogen functional groups attached to an aromatic ring is 1. The number of nitrogens with two attached hydrogens (primary N) is 1. The third kappa shape index (κ3) is 1.16. The van der Waals surface area contributed by atoms with Gasteiger partial charge in [0.25, 0.3) is 0 Å². The highest BCUT2D eigenvalue weighted by molar-refractivity contribution is 9.11. The van der Waals surface area contributed by atoms with E-state index in [2.05, 4.69) is 36.8 Å². The summed E-state index contributed by atoms with van der Waals surface area (Å²) in [4.78, 5) is 4.17. The number of benzene rings is 1. The molecule has 0 spiro atoms. The Kier molecular flexibility index (Phi) is 2.10. The number of hydrogen-bond acceptors (Lipinski definition) is 3. The summed E-state index contributed by atoms with van der Waals surface area (Å²) in [6, 6.07) is 1.94. The van der Waals surface area contributed by atoms with Gasteiger partial charge in [-0.2, -0.15) is 0 Å². The van der Waals surface area contributed by atoms with Crippen molar-refractivity contribution < 1.29 is 0 Å². The molecular formula is C7H4Br2N2S. The molecule has 2 nitrogen and oxygen atoms in total. The lowest BCUT2D eigenvalue weighted by Crippen LogP contribution is -1.88. The molecule has 0 saturated heterocycles. The van der Waals surface area contributed by atoms with Gasteiger partial charge in [0.15, 0.2) is 0 Å². The third-order valence-electron chi connectivity index (χ3n) is 1.55. The second-order valence-electron chi connectivity index (χ2n) is 2.28. The van der Waals surface area contributed by atoms with E-state index in [0.717, 1.165) is 19.2 Å². The number of nitrogens with zero attached hydrogens (tertiary/aromatic N) is 1. The van der Waals surface area contributed by atoms with E-state index in [9.17, 15) is 0 Å². The monoisotopic (exact) mass is 306 g/mol. The van der Waals surface area contributed by atoms with Crippen LogP contribution in [0.1, 0.15) is 0 Å². The molecule has 0 aliphatic heterocycles. The molecular weight excluding hydrogens is 304 g/mol. The molecule has 0 radical (unpaired) electrons. The normalized spacial score (nSPS) is 10.8. The summed E-state index contributed by atoms with van der Waals surface area (Å²) in [5.41, 5.74) is 9.16. The fourth-order valence-corrected chi connectivity index (χ4v) is 3.11. The maximum absolute atomic E-state index is 5.81. The van der Waals surface area contributed by atoms with Crippen LogP contribution in [0.25, 0.3) is 10.2 Å². The van der Waals surface area contributed by atoms with Crippen molar-refractivity contribution in [1.82, 2.24) is 4.98 Å². The van der Waals surface area contributed by atoms with Crippen molar-refractivity contribution >= 4 is 59.1 Å². The largest absolute Gasteiger partial charge is 0.396 e. The summed E-state index contributed by atoms with van der Waals surface area (Å²) in [5.74, 6) is 0. The molecule has 2 N–H and O–H groups in total. The summed E-state index contributed by atoms with van der Waals surface area (Å²) in [6.07, 6.45) is 0. The summed E-state index contributed by atoms with van der Waals surface area (Å²) >= 11 is 8.39.